The van der Waals surface area contributed by atoms with Gasteiger partial charge in [0.15, 0.2) is 6.10 Å². The van der Waals surface area contributed by atoms with Crippen LogP contribution in [0.25, 0.3) is 0 Å². The highest BCUT2D eigenvalue weighted by atomic mass is 31.2. The van der Waals surface area contributed by atoms with Crippen molar-refractivity contribution in [3.8, 4) is 0 Å². The van der Waals surface area contributed by atoms with Gasteiger partial charge < -0.3 is 18.9 Å². The summed E-state index contributed by atoms with van der Waals surface area (Å²) in [6.07, 6.45) is 46.3. The first-order valence-corrected chi connectivity index (χ1v) is 25.2. The maximum absolute atomic E-state index is 12.7. The Hall–Kier alpha value is -1.77. The molecule has 0 spiro atoms. The molecule has 0 radical (unpaired) electrons. The molecule has 10 heteroatoms. The third kappa shape index (κ3) is 43.8. The summed E-state index contributed by atoms with van der Waals surface area (Å²) in [7, 11) is 1.45. The Morgan fingerprint density at radius 1 is 0.534 bits per heavy atom. The zero-order valence-electron chi connectivity index (χ0n) is 38.3. The van der Waals surface area contributed by atoms with Gasteiger partial charge in [-0.3, -0.25) is 18.6 Å². The van der Waals surface area contributed by atoms with Crippen LogP contribution < -0.4 is 0 Å². The zero-order chi connectivity index (χ0) is 42.8. The van der Waals surface area contributed by atoms with Crippen LogP contribution in [0.15, 0.2) is 36.5 Å². The van der Waals surface area contributed by atoms with Gasteiger partial charge in [-0.25, -0.2) is 4.57 Å². The van der Waals surface area contributed by atoms with Crippen molar-refractivity contribution < 1.29 is 42.1 Å². The third-order valence-corrected chi connectivity index (χ3v) is 11.2. The minimum Gasteiger partial charge on any atom is -0.462 e. The number of ether oxygens (including phenoxy) is 2. The summed E-state index contributed by atoms with van der Waals surface area (Å²) in [5.41, 5.74) is 0. The second kappa shape index (κ2) is 40.6. The maximum atomic E-state index is 12.7. The average molecular weight is 841 g/mol. The number of phosphoric acid groups is 1. The Kier molecular flexibility index (Phi) is 39.4. The molecular weight excluding hydrogens is 750 g/mol. The summed E-state index contributed by atoms with van der Waals surface area (Å²) >= 11 is 0. The van der Waals surface area contributed by atoms with Gasteiger partial charge in [-0.1, -0.05) is 185 Å². The zero-order valence-corrected chi connectivity index (χ0v) is 39.2. The van der Waals surface area contributed by atoms with E-state index >= 15 is 0 Å². The molecule has 0 aliphatic rings. The molecule has 0 saturated heterocycles. The van der Waals surface area contributed by atoms with E-state index in [0.29, 0.717) is 17.4 Å². The summed E-state index contributed by atoms with van der Waals surface area (Å²) in [6, 6.07) is 0. The number of hydrogen-bond acceptors (Lipinski definition) is 7. The van der Waals surface area contributed by atoms with E-state index in [1.165, 1.54) is 128 Å². The van der Waals surface area contributed by atoms with E-state index in [-0.39, 0.29) is 32.0 Å². The van der Waals surface area contributed by atoms with Crippen LogP contribution in [0.5, 0.6) is 0 Å². The predicted octanol–water partition coefficient (Wildman–Crippen LogP) is 13.7. The van der Waals surface area contributed by atoms with E-state index in [2.05, 4.69) is 50.3 Å². The number of hydrogen-bond donors (Lipinski definition) is 1. The minimum atomic E-state index is -4.39. The lowest BCUT2D eigenvalue weighted by atomic mass is 10.0. The number of carbonyl (C=O) groups is 2. The number of quaternary nitrogens is 1. The summed E-state index contributed by atoms with van der Waals surface area (Å²) in [6.45, 7) is 4.38. The molecule has 0 aliphatic carbocycles. The molecule has 340 valence electrons. The molecule has 2 atom stereocenters. The molecule has 0 aromatic carbocycles. The van der Waals surface area contributed by atoms with E-state index in [9.17, 15) is 19.0 Å². The third-order valence-electron chi connectivity index (χ3n) is 10.2. The number of rotatable bonds is 43. The topological polar surface area (TPSA) is 108 Å². The fourth-order valence-corrected chi connectivity index (χ4v) is 7.18. The first-order valence-electron chi connectivity index (χ1n) is 23.7. The molecular formula is C48H91NO8P+. The lowest BCUT2D eigenvalue weighted by Crippen LogP contribution is -2.37. The quantitative estimate of drug-likeness (QED) is 0.0213. The van der Waals surface area contributed by atoms with Crippen molar-refractivity contribution in [1.29, 1.82) is 0 Å². The van der Waals surface area contributed by atoms with Gasteiger partial charge in [0.25, 0.3) is 0 Å². The Morgan fingerprint density at radius 3 is 1.43 bits per heavy atom. The molecule has 0 amide bonds. The van der Waals surface area contributed by atoms with Crippen LogP contribution >= 0.6 is 7.82 Å². The number of likely N-dealkylation sites (N-methyl/N-ethyl adjacent to an activating group) is 1. The number of esters is 2. The van der Waals surface area contributed by atoms with Crippen molar-refractivity contribution in [2.45, 2.75) is 213 Å². The van der Waals surface area contributed by atoms with Crippen LogP contribution in [0.2, 0.25) is 0 Å². The van der Waals surface area contributed by atoms with E-state index in [1.54, 1.807) is 0 Å². The summed E-state index contributed by atoms with van der Waals surface area (Å²) in [5.74, 6) is -0.852. The van der Waals surface area contributed by atoms with Gasteiger partial charge in [0.2, 0.25) is 0 Å². The minimum absolute atomic E-state index is 0.0236. The maximum Gasteiger partial charge on any atom is 0.472 e. The number of phosphoric ester groups is 1. The Balaban J connectivity index is 4.38. The fraction of sp³-hybridized carbons (Fsp3) is 0.833. The molecule has 0 rings (SSSR count). The highest BCUT2D eigenvalue weighted by Crippen LogP contribution is 2.43. The monoisotopic (exact) mass is 841 g/mol. The second-order valence-corrected chi connectivity index (χ2v) is 18.6. The molecule has 1 unspecified atom stereocenters. The highest BCUT2D eigenvalue weighted by molar-refractivity contribution is 7.47. The Bertz CT molecular complexity index is 1090. The standard InChI is InChI=1S/C48H90NO8P/c1-6-8-10-12-14-16-18-20-22-24-26-28-30-32-34-36-38-40-47(50)54-44-46(45-56-58(52,53)55-43-42-49(3,4)5)57-48(51)41-39-37-35-33-31-29-27-25-23-21-19-17-15-13-11-9-7-2/h21,23,27,29,33,35,46H,6-20,22,24-26,28,30-32,34,36-45H2,1-5H3/p+1/b23-21+,29-27+,35-33+/t46-/m1/s1. The van der Waals surface area contributed by atoms with Crippen molar-refractivity contribution in [3.63, 3.8) is 0 Å². The van der Waals surface area contributed by atoms with Crippen LogP contribution in [0.4, 0.5) is 0 Å². The lowest BCUT2D eigenvalue weighted by Gasteiger charge is -2.24. The molecule has 0 bridgehead atoms. The second-order valence-electron chi connectivity index (χ2n) is 17.1. The summed E-state index contributed by atoms with van der Waals surface area (Å²) in [5, 5.41) is 0. The largest absolute Gasteiger partial charge is 0.472 e. The number of allylic oxidation sites excluding steroid dienone is 6. The van der Waals surface area contributed by atoms with Gasteiger partial charge in [-0.15, -0.1) is 0 Å². The number of nitrogens with zero attached hydrogens (tertiary/aromatic N) is 1. The molecule has 0 aliphatic heterocycles. The van der Waals surface area contributed by atoms with Crippen LogP contribution in [-0.4, -0.2) is 74.9 Å². The van der Waals surface area contributed by atoms with Crippen molar-refractivity contribution in [3.05, 3.63) is 36.5 Å². The van der Waals surface area contributed by atoms with Gasteiger partial charge in [-0.05, 0) is 44.9 Å². The average Bonchev–Trinajstić information content (AvgIpc) is 3.17. The Morgan fingerprint density at radius 2 is 0.948 bits per heavy atom. The highest BCUT2D eigenvalue weighted by Gasteiger charge is 2.27. The van der Waals surface area contributed by atoms with Crippen LogP contribution in [0.3, 0.4) is 0 Å². The first kappa shape index (κ1) is 56.2. The molecule has 0 fully saturated rings. The van der Waals surface area contributed by atoms with Gasteiger partial charge in [0.1, 0.15) is 19.8 Å². The predicted molar refractivity (Wildman–Crippen MR) is 243 cm³/mol. The van der Waals surface area contributed by atoms with Crippen LogP contribution in [0.1, 0.15) is 206 Å². The normalized spacial score (nSPS) is 13.8. The molecule has 1 N–H and O–H groups in total. The molecule has 0 saturated carbocycles. The van der Waals surface area contributed by atoms with Crippen molar-refractivity contribution >= 4 is 19.8 Å². The fourth-order valence-electron chi connectivity index (χ4n) is 6.44. The first-order chi connectivity index (χ1) is 28.0. The van der Waals surface area contributed by atoms with Gasteiger partial charge in [-0.2, -0.15) is 0 Å². The molecule has 58 heavy (non-hydrogen) atoms. The number of carbonyl (C=O) groups excluding carboxylic acids is 2. The van der Waals surface area contributed by atoms with Crippen molar-refractivity contribution in [1.82, 2.24) is 0 Å². The van der Waals surface area contributed by atoms with Crippen LogP contribution in [-0.2, 0) is 32.7 Å². The Labute approximate surface area is 357 Å². The lowest BCUT2D eigenvalue weighted by molar-refractivity contribution is -0.870. The van der Waals surface area contributed by atoms with E-state index in [4.69, 9.17) is 18.5 Å². The van der Waals surface area contributed by atoms with Crippen molar-refractivity contribution in [2.75, 3.05) is 47.5 Å². The van der Waals surface area contributed by atoms with Gasteiger partial charge >= 0.3 is 19.8 Å². The molecule has 0 aromatic rings. The van der Waals surface area contributed by atoms with Crippen LogP contribution in [0, 0.1) is 0 Å². The van der Waals surface area contributed by atoms with Gasteiger partial charge in [0, 0.05) is 12.8 Å². The van der Waals surface area contributed by atoms with E-state index in [1.807, 2.05) is 21.1 Å². The SMILES string of the molecule is CCCCCCCC/C=C/C/C=C/C/C=C/CCCC(=O)O[C@H](COC(=O)CCCCCCCCCCCCCCCCCCC)COP(=O)(O)OCC[N+](C)(C)C. The summed E-state index contributed by atoms with van der Waals surface area (Å²) < 4.78 is 34.3. The van der Waals surface area contributed by atoms with Gasteiger partial charge in [0.05, 0.1) is 27.7 Å². The van der Waals surface area contributed by atoms with E-state index in [0.717, 1.165) is 44.9 Å². The molecule has 0 aromatic heterocycles. The molecule has 9 nitrogen and oxygen atoms in total. The number of unbranched alkanes of at least 4 members (excludes halogenated alkanes) is 23. The van der Waals surface area contributed by atoms with Crippen molar-refractivity contribution in [2.24, 2.45) is 0 Å². The van der Waals surface area contributed by atoms with E-state index < -0.39 is 26.5 Å². The summed E-state index contributed by atoms with van der Waals surface area (Å²) in [4.78, 5) is 35.4. The molecule has 0 heterocycles. The smallest absolute Gasteiger partial charge is 0.462 e.